The predicted octanol–water partition coefficient (Wildman–Crippen LogP) is 2.57. The third-order valence-corrected chi connectivity index (χ3v) is 4.50. The van der Waals surface area contributed by atoms with E-state index in [1.54, 1.807) is 0 Å². The van der Waals surface area contributed by atoms with E-state index in [1.165, 1.54) is 0 Å². The molecule has 1 N–H and O–H groups in total. The number of aryl methyl sites for hydroxylation is 1. The van der Waals surface area contributed by atoms with Crippen molar-refractivity contribution in [2.75, 3.05) is 13.1 Å². The van der Waals surface area contributed by atoms with Crippen molar-refractivity contribution in [3.63, 3.8) is 0 Å². The number of piperidine rings is 1. The second kappa shape index (κ2) is 7.90. The van der Waals surface area contributed by atoms with Crippen LogP contribution < -0.4 is 5.32 Å². The van der Waals surface area contributed by atoms with Gasteiger partial charge in [-0.3, -0.25) is 4.79 Å². The zero-order chi connectivity index (χ0) is 17.0. The molecule has 1 aliphatic heterocycles. The number of nitrogens with zero attached hydrogens (tertiary/aromatic N) is 3. The molecule has 3 atom stereocenters. The molecule has 6 heteroatoms. The van der Waals surface area contributed by atoms with Gasteiger partial charge in [0.25, 0.3) is 0 Å². The SMILES string of the molecule is CCCc1noc([C@H](C)N[C@@H]2CCN(C(=O)C(C)C)C[C@H]2C)n1. The van der Waals surface area contributed by atoms with Crippen molar-refractivity contribution in [1.29, 1.82) is 0 Å². The Labute approximate surface area is 139 Å². The lowest BCUT2D eigenvalue weighted by atomic mass is 9.92. The van der Waals surface area contributed by atoms with Crippen molar-refractivity contribution >= 4 is 5.91 Å². The van der Waals surface area contributed by atoms with E-state index in [4.69, 9.17) is 4.52 Å². The largest absolute Gasteiger partial charge is 0.342 e. The van der Waals surface area contributed by atoms with E-state index in [0.29, 0.717) is 17.9 Å². The molecule has 1 saturated heterocycles. The molecular weight excluding hydrogens is 292 g/mol. The van der Waals surface area contributed by atoms with Crippen LogP contribution in [0, 0.1) is 11.8 Å². The number of carbonyl (C=O) groups is 1. The summed E-state index contributed by atoms with van der Waals surface area (Å²) in [5.74, 6) is 2.17. The lowest BCUT2D eigenvalue weighted by Gasteiger charge is -2.39. The van der Waals surface area contributed by atoms with Crippen LogP contribution in [0.25, 0.3) is 0 Å². The van der Waals surface area contributed by atoms with Crippen molar-refractivity contribution in [3.8, 4) is 0 Å². The Bertz CT molecular complexity index is 514. The zero-order valence-corrected chi connectivity index (χ0v) is 15.0. The van der Waals surface area contributed by atoms with E-state index in [9.17, 15) is 4.79 Å². The highest BCUT2D eigenvalue weighted by Gasteiger charge is 2.31. The van der Waals surface area contributed by atoms with Crippen LogP contribution in [0.3, 0.4) is 0 Å². The van der Waals surface area contributed by atoms with Crippen molar-refractivity contribution in [3.05, 3.63) is 11.7 Å². The van der Waals surface area contributed by atoms with Crippen molar-refractivity contribution < 1.29 is 9.32 Å². The Balaban J connectivity index is 1.89. The molecule has 6 nitrogen and oxygen atoms in total. The van der Waals surface area contributed by atoms with Gasteiger partial charge in [0.1, 0.15) is 0 Å². The molecule has 1 amide bonds. The second-order valence-corrected chi connectivity index (χ2v) is 7.00. The Kier molecular flexibility index (Phi) is 6.16. The van der Waals surface area contributed by atoms with E-state index in [2.05, 4.69) is 36.2 Å². The van der Waals surface area contributed by atoms with Crippen molar-refractivity contribution in [2.24, 2.45) is 11.8 Å². The Morgan fingerprint density at radius 1 is 1.43 bits per heavy atom. The van der Waals surface area contributed by atoms with Crippen LogP contribution >= 0.6 is 0 Å². The van der Waals surface area contributed by atoms with Gasteiger partial charge < -0.3 is 14.7 Å². The highest BCUT2D eigenvalue weighted by atomic mass is 16.5. The first kappa shape index (κ1) is 17.9. The third-order valence-electron chi connectivity index (χ3n) is 4.50. The number of nitrogens with one attached hydrogen (secondary N) is 1. The highest BCUT2D eigenvalue weighted by molar-refractivity contribution is 5.78. The molecule has 0 radical (unpaired) electrons. The predicted molar refractivity (Wildman–Crippen MR) is 88.8 cm³/mol. The van der Waals surface area contributed by atoms with Crippen molar-refractivity contribution in [2.45, 2.75) is 66.0 Å². The van der Waals surface area contributed by atoms with E-state index in [0.717, 1.165) is 38.2 Å². The van der Waals surface area contributed by atoms with E-state index >= 15 is 0 Å². The van der Waals surface area contributed by atoms with E-state index < -0.39 is 0 Å². The molecular formula is C17H30N4O2. The number of carbonyl (C=O) groups excluding carboxylic acids is 1. The summed E-state index contributed by atoms with van der Waals surface area (Å²) >= 11 is 0. The number of likely N-dealkylation sites (tertiary alicyclic amines) is 1. The summed E-state index contributed by atoms with van der Waals surface area (Å²) < 4.78 is 5.36. The van der Waals surface area contributed by atoms with Crippen molar-refractivity contribution in [1.82, 2.24) is 20.4 Å². The molecule has 0 spiro atoms. The molecule has 130 valence electrons. The fourth-order valence-electron chi connectivity index (χ4n) is 3.12. The number of aromatic nitrogens is 2. The van der Waals surface area contributed by atoms with Crippen LogP contribution in [-0.4, -0.2) is 40.1 Å². The van der Waals surface area contributed by atoms with Gasteiger partial charge in [0.2, 0.25) is 11.8 Å². The molecule has 0 unspecified atom stereocenters. The van der Waals surface area contributed by atoms with Gasteiger partial charge in [-0.1, -0.05) is 32.9 Å². The van der Waals surface area contributed by atoms with Gasteiger partial charge >= 0.3 is 0 Å². The molecule has 2 rings (SSSR count). The average Bonchev–Trinajstić information content (AvgIpc) is 2.97. The van der Waals surface area contributed by atoms with Gasteiger partial charge in [0, 0.05) is 31.5 Å². The van der Waals surface area contributed by atoms with Crippen LogP contribution in [0.4, 0.5) is 0 Å². The zero-order valence-electron chi connectivity index (χ0n) is 15.0. The molecule has 1 aromatic heterocycles. The fourth-order valence-corrected chi connectivity index (χ4v) is 3.12. The second-order valence-electron chi connectivity index (χ2n) is 7.00. The molecule has 0 bridgehead atoms. The molecule has 0 aromatic carbocycles. The van der Waals surface area contributed by atoms with Crippen LogP contribution in [0.5, 0.6) is 0 Å². The maximum absolute atomic E-state index is 12.1. The number of amides is 1. The van der Waals surface area contributed by atoms with Gasteiger partial charge in [-0.2, -0.15) is 4.98 Å². The maximum Gasteiger partial charge on any atom is 0.243 e. The topological polar surface area (TPSA) is 71.3 Å². The molecule has 1 fully saturated rings. The normalized spacial score (nSPS) is 23.3. The van der Waals surface area contributed by atoms with Crippen LogP contribution in [-0.2, 0) is 11.2 Å². The molecule has 2 heterocycles. The number of hydrogen-bond donors (Lipinski definition) is 1. The quantitative estimate of drug-likeness (QED) is 0.871. The van der Waals surface area contributed by atoms with Gasteiger partial charge in [-0.15, -0.1) is 0 Å². The van der Waals surface area contributed by atoms with Gasteiger partial charge in [-0.05, 0) is 25.7 Å². The molecule has 0 saturated carbocycles. The smallest absolute Gasteiger partial charge is 0.243 e. The highest BCUT2D eigenvalue weighted by Crippen LogP contribution is 2.22. The average molecular weight is 322 g/mol. The summed E-state index contributed by atoms with van der Waals surface area (Å²) in [6.07, 6.45) is 2.82. The molecule has 0 aliphatic carbocycles. The monoisotopic (exact) mass is 322 g/mol. The van der Waals surface area contributed by atoms with E-state index in [-0.39, 0.29) is 17.9 Å². The first-order valence-electron chi connectivity index (χ1n) is 8.79. The Hall–Kier alpha value is -1.43. The minimum Gasteiger partial charge on any atom is -0.342 e. The fraction of sp³-hybridized carbons (Fsp3) is 0.824. The summed E-state index contributed by atoms with van der Waals surface area (Å²) in [6.45, 7) is 11.9. The molecule has 1 aromatic rings. The first-order chi connectivity index (χ1) is 10.9. The van der Waals surface area contributed by atoms with Crippen LogP contribution in [0.2, 0.25) is 0 Å². The minimum absolute atomic E-state index is 0.0351. The molecule has 1 aliphatic rings. The maximum atomic E-state index is 12.1. The third kappa shape index (κ3) is 4.53. The summed E-state index contributed by atoms with van der Waals surface area (Å²) in [5.41, 5.74) is 0. The van der Waals surface area contributed by atoms with E-state index in [1.807, 2.05) is 18.7 Å². The Morgan fingerprint density at radius 3 is 2.78 bits per heavy atom. The summed E-state index contributed by atoms with van der Waals surface area (Å²) in [5, 5.41) is 7.61. The van der Waals surface area contributed by atoms with Crippen LogP contribution in [0.1, 0.15) is 65.2 Å². The number of rotatable bonds is 6. The summed E-state index contributed by atoms with van der Waals surface area (Å²) in [6, 6.07) is 0.399. The van der Waals surface area contributed by atoms with Gasteiger partial charge in [-0.25, -0.2) is 0 Å². The summed E-state index contributed by atoms with van der Waals surface area (Å²) in [4.78, 5) is 18.6. The van der Waals surface area contributed by atoms with Gasteiger partial charge in [0.15, 0.2) is 5.82 Å². The first-order valence-corrected chi connectivity index (χ1v) is 8.79. The van der Waals surface area contributed by atoms with Crippen LogP contribution in [0.15, 0.2) is 4.52 Å². The lowest BCUT2D eigenvalue weighted by molar-refractivity contribution is -0.136. The molecule has 23 heavy (non-hydrogen) atoms. The standard InChI is InChI=1S/C17H30N4O2/c1-6-7-15-19-16(23-20-15)13(5)18-14-8-9-21(10-12(14)4)17(22)11(2)3/h11-14,18H,6-10H2,1-5H3/t12-,13+,14-/m1/s1. The minimum atomic E-state index is 0.0351. The number of hydrogen-bond acceptors (Lipinski definition) is 5. The van der Waals surface area contributed by atoms with Gasteiger partial charge in [0.05, 0.1) is 6.04 Å². The summed E-state index contributed by atoms with van der Waals surface area (Å²) in [7, 11) is 0. The lowest BCUT2D eigenvalue weighted by Crippen LogP contribution is -2.51. The Morgan fingerprint density at radius 2 is 2.17 bits per heavy atom.